The Morgan fingerprint density at radius 2 is 2.15 bits per heavy atom. The van der Waals surface area contributed by atoms with Crippen molar-refractivity contribution in [2.24, 2.45) is 0 Å². The molecule has 1 aromatic heterocycles. The first-order valence-corrected chi connectivity index (χ1v) is 4.32. The molecular weight excluding hydrogens is 160 g/mol. The zero-order valence-corrected chi connectivity index (χ0v) is 7.70. The summed E-state index contributed by atoms with van der Waals surface area (Å²) in [6, 6.07) is 0. The van der Waals surface area contributed by atoms with E-state index in [1.807, 2.05) is 6.08 Å². The molecule has 13 heavy (non-hydrogen) atoms. The summed E-state index contributed by atoms with van der Waals surface area (Å²) in [6.07, 6.45) is 14.9. The Hall–Kier alpha value is -1.62. The summed E-state index contributed by atoms with van der Waals surface area (Å²) in [7, 11) is 0. The standard InChI is InChI=1S/C11H12N2/c1-3-5-6-7-10-8-12-11(4-2)13-9-10/h2,6-9H,3,5H2,1H3/b7-6+. The topological polar surface area (TPSA) is 25.8 Å². The zero-order chi connectivity index (χ0) is 9.52. The van der Waals surface area contributed by atoms with Crippen LogP contribution in [0.15, 0.2) is 18.5 Å². The number of hydrogen-bond acceptors (Lipinski definition) is 2. The fraction of sp³-hybridized carbons (Fsp3) is 0.273. The van der Waals surface area contributed by atoms with Crippen LogP contribution in [0.3, 0.4) is 0 Å². The average Bonchev–Trinajstić information content (AvgIpc) is 2.19. The van der Waals surface area contributed by atoms with E-state index in [2.05, 4.69) is 28.9 Å². The predicted octanol–water partition coefficient (Wildman–Crippen LogP) is 2.27. The summed E-state index contributed by atoms with van der Waals surface area (Å²) in [5, 5.41) is 0. The highest BCUT2D eigenvalue weighted by atomic mass is 14.8. The number of allylic oxidation sites excluding steroid dienone is 1. The summed E-state index contributed by atoms with van der Waals surface area (Å²) < 4.78 is 0. The van der Waals surface area contributed by atoms with Crippen LogP contribution in [0.1, 0.15) is 31.2 Å². The van der Waals surface area contributed by atoms with Crippen LogP contribution in [0.25, 0.3) is 6.08 Å². The normalized spacial score (nSPS) is 10.2. The van der Waals surface area contributed by atoms with E-state index >= 15 is 0 Å². The molecule has 0 fully saturated rings. The second-order valence-electron chi connectivity index (χ2n) is 2.68. The molecule has 0 aliphatic carbocycles. The predicted molar refractivity (Wildman–Crippen MR) is 53.9 cm³/mol. The molecule has 2 nitrogen and oxygen atoms in total. The van der Waals surface area contributed by atoms with Gasteiger partial charge in [-0.25, -0.2) is 9.97 Å². The SMILES string of the molecule is C#Cc1ncc(/C=C/CCC)cn1. The van der Waals surface area contributed by atoms with Crippen molar-refractivity contribution >= 4 is 6.08 Å². The van der Waals surface area contributed by atoms with Crippen molar-refractivity contribution in [1.29, 1.82) is 0 Å². The number of terminal acetylenes is 1. The Morgan fingerprint density at radius 3 is 2.69 bits per heavy atom. The van der Waals surface area contributed by atoms with Gasteiger partial charge in [0.2, 0.25) is 5.82 Å². The summed E-state index contributed by atoms with van der Waals surface area (Å²) >= 11 is 0. The van der Waals surface area contributed by atoms with Gasteiger partial charge in [-0.2, -0.15) is 0 Å². The van der Waals surface area contributed by atoms with E-state index in [1.54, 1.807) is 12.4 Å². The van der Waals surface area contributed by atoms with Crippen LogP contribution in [-0.4, -0.2) is 9.97 Å². The van der Waals surface area contributed by atoms with Crippen molar-refractivity contribution in [2.45, 2.75) is 19.8 Å². The van der Waals surface area contributed by atoms with Crippen molar-refractivity contribution in [3.8, 4) is 12.3 Å². The minimum Gasteiger partial charge on any atom is -0.229 e. The first-order chi connectivity index (χ1) is 6.36. The molecule has 1 heterocycles. The number of hydrogen-bond donors (Lipinski definition) is 0. The van der Waals surface area contributed by atoms with E-state index in [0.717, 1.165) is 18.4 Å². The highest BCUT2D eigenvalue weighted by molar-refractivity contribution is 5.46. The Bertz CT molecular complexity index is 317. The van der Waals surface area contributed by atoms with Crippen LogP contribution >= 0.6 is 0 Å². The molecule has 0 atom stereocenters. The van der Waals surface area contributed by atoms with Gasteiger partial charge in [0.1, 0.15) is 0 Å². The molecule has 0 aliphatic heterocycles. The van der Waals surface area contributed by atoms with Crippen molar-refractivity contribution in [1.82, 2.24) is 9.97 Å². The van der Waals surface area contributed by atoms with Crippen LogP contribution in [0.2, 0.25) is 0 Å². The van der Waals surface area contributed by atoms with Gasteiger partial charge in [-0.05, 0) is 12.3 Å². The third-order valence-electron chi connectivity index (χ3n) is 1.57. The van der Waals surface area contributed by atoms with Gasteiger partial charge in [0.05, 0.1) is 0 Å². The van der Waals surface area contributed by atoms with E-state index in [0.29, 0.717) is 5.82 Å². The molecule has 0 saturated carbocycles. The number of rotatable bonds is 3. The van der Waals surface area contributed by atoms with Gasteiger partial charge < -0.3 is 0 Å². The summed E-state index contributed by atoms with van der Waals surface area (Å²) in [5.74, 6) is 2.81. The monoisotopic (exact) mass is 172 g/mol. The highest BCUT2D eigenvalue weighted by Gasteiger charge is 1.89. The molecule has 0 N–H and O–H groups in total. The first kappa shape index (κ1) is 9.47. The second kappa shape index (κ2) is 5.10. The lowest BCUT2D eigenvalue weighted by molar-refractivity contribution is 0.962. The van der Waals surface area contributed by atoms with Crippen molar-refractivity contribution in [2.75, 3.05) is 0 Å². The lowest BCUT2D eigenvalue weighted by Gasteiger charge is -1.91. The van der Waals surface area contributed by atoms with Crippen LogP contribution in [0.5, 0.6) is 0 Å². The van der Waals surface area contributed by atoms with Crippen LogP contribution in [0.4, 0.5) is 0 Å². The van der Waals surface area contributed by atoms with Crippen molar-refractivity contribution in [3.05, 3.63) is 29.9 Å². The van der Waals surface area contributed by atoms with Gasteiger partial charge >= 0.3 is 0 Å². The number of unbranched alkanes of at least 4 members (excludes halogenated alkanes) is 1. The van der Waals surface area contributed by atoms with Gasteiger partial charge in [-0.1, -0.05) is 25.5 Å². The van der Waals surface area contributed by atoms with E-state index in [-0.39, 0.29) is 0 Å². The van der Waals surface area contributed by atoms with Crippen molar-refractivity contribution in [3.63, 3.8) is 0 Å². The molecule has 0 bridgehead atoms. The molecule has 0 unspecified atom stereocenters. The molecule has 0 spiro atoms. The highest BCUT2D eigenvalue weighted by Crippen LogP contribution is 2.00. The maximum Gasteiger partial charge on any atom is 0.204 e. The fourth-order valence-electron chi connectivity index (χ4n) is 0.885. The number of aromatic nitrogens is 2. The third-order valence-corrected chi connectivity index (χ3v) is 1.57. The molecule has 0 amide bonds. The third kappa shape index (κ3) is 3.08. The van der Waals surface area contributed by atoms with Crippen molar-refractivity contribution < 1.29 is 0 Å². The molecule has 2 heteroatoms. The molecule has 0 saturated heterocycles. The second-order valence-corrected chi connectivity index (χ2v) is 2.68. The summed E-state index contributed by atoms with van der Waals surface area (Å²) in [5.41, 5.74) is 0.993. The smallest absolute Gasteiger partial charge is 0.204 e. The van der Waals surface area contributed by atoms with Crippen LogP contribution in [0, 0.1) is 12.3 Å². The molecule has 0 aromatic carbocycles. The van der Waals surface area contributed by atoms with Crippen LogP contribution < -0.4 is 0 Å². The summed E-state index contributed by atoms with van der Waals surface area (Å²) in [6.45, 7) is 2.14. The van der Waals surface area contributed by atoms with Gasteiger partial charge in [-0.15, -0.1) is 6.42 Å². The molecular formula is C11H12N2. The lowest BCUT2D eigenvalue weighted by atomic mass is 10.2. The van der Waals surface area contributed by atoms with Crippen LogP contribution in [-0.2, 0) is 0 Å². The van der Waals surface area contributed by atoms with Gasteiger partial charge in [0.25, 0.3) is 0 Å². The minimum atomic E-state index is 0.438. The molecule has 66 valence electrons. The zero-order valence-electron chi connectivity index (χ0n) is 7.70. The first-order valence-electron chi connectivity index (χ1n) is 4.32. The van der Waals surface area contributed by atoms with E-state index in [4.69, 9.17) is 6.42 Å². The van der Waals surface area contributed by atoms with Gasteiger partial charge in [0.15, 0.2) is 0 Å². The fourth-order valence-corrected chi connectivity index (χ4v) is 0.885. The van der Waals surface area contributed by atoms with E-state index < -0.39 is 0 Å². The lowest BCUT2D eigenvalue weighted by Crippen LogP contribution is -1.87. The van der Waals surface area contributed by atoms with E-state index in [9.17, 15) is 0 Å². The molecule has 0 aliphatic rings. The Morgan fingerprint density at radius 1 is 1.46 bits per heavy atom. The van der Waals surface area contributed by atoms with E-state index in [1.165, 1.54) is 0 Å². The maximum atomic E-state index is 5.13. The number of nitrogens with zero attached hydrogens (tertiary/aromatic N) is 2. The molecule has 0 radical (unpaired) electrons. The Labute approximate surface area is 78.7 Å². The Kier molecular flexibility index (Phi) is 3.72. The van der Waals surface area contributed by atoms with Gasteiger partial charge in [0, 0.05) is 18.0 Å². The molecule has 1 rings (SSSR count). The largest absolute Gasteiger partial charge is 0.229 e. The minimum absolute atomic E-state index is 0.438. The summed E-state index contributed by atoms with van der Waals surface area (Å²) in [4.78, 5) is 7.95. The quantitative estimate of drug-likeness (QED) is 0.653. The molecule has 1 aromatic rings. The average molecular weight is 172 g/mol. The van der Waals surface area contributed by atoms with Gasteiger partial charge in [-0.3, -0.25) is 0 Å². The maximum absolute atomic E-state index is 5.13. The Balaban J connectivity index is 2.65.